The number of anilines is 1. The number of rotatable bonds is 34. The zero-order valence-electron chi connectivity index (χ0n) is 39.9. The lowest BCUT2D eigenvalue weighted by molar-refractivity contribution is -0.137. The molecule has 2 amide bonds. The summed E-state index contributed by atoms with van der Waals surface area (Å²) in [5.74, 6) is -1.07. The van der Waals surface area contributed by atoms with Crippen LogP contribution in [-0.4, -0.2) is 123 Å². The number of carbonyl (C=O) groups excluding carboxylic acids is 3. The minimum absolute atomic E-state index is 0.0305. The van der Waals surface area contributed by atoms with Crippen LogP contribution in [0.3, 0.4) is 0 Å². The van der Waals surface area contributed by atoms with Crippen molar-refractivity contribution < 1.29 is 80.5 Å². The second-order valence-corrected chi connectivity index (χ2v) is 22.0. The molecule has 0 aliphatic carbocycles. The Morgan fingerprint density at radius 2 is 1.48 bits per heavy atom. The van der Waals surface area contributed by atoms with E-state index in [-0.39, 0.29) is 41.6 Å². The molecule has 7 atom stereocenters. The molecule has 2 unspecified atom stereocenters. The summed E-state index contributed by atoms with van der Waals surface area (Å²) in [6.07, 6.45) is 23.6. The first-order valence-electron chi connectivity index (χ1n) is 22.9. The van der Waals surface area contributed by atoms with E-state index in [4.69, 9.17) is 19.5 Å². The number of aliphatic hydroxyl groups is 2. The van der Waals surface area contributed by atoms with Crippen LogP contribution in [0.4, 0.5) is 5.82 Å². The van der Waals surface area contributed by atoms with Gasteiger partial charge < -0.3 is 50.9 Å². The average Bonchev–Trinajstić information content (AvgIpc) is 3.86. The summed E-state index contributed by atoms with van der Waals surface area (Å²) < 4.78 is 62.5. The molecular weight excluding hydrogens is 1010 g/mol. The van der Waals surface area contributed by atoms with E-state index in [2.05, 4.69) is 102 Å². The number of nitrogens with two attached hydrogens (primary N) is 1. The molecule has 2 aromatic heterocycles. The average molecular weight is 1080 g/mol. The third-order valence-electron chi connectivity index (χ3n) is 10.2. The Morgan fingerprint density at radius 1 is 0.859 bits per heavy atom. The summed E-state index contributed by atoms with van der Waals surface area (Å²) in [6.45, 7) is 2.65. The van der Waals surface area contributed by atoms with E-state index < -0.39 is 84.6 Å². The fourth-order valence-corrected chi connectivity index (χ4v) is 9.99. The second-order valence-electron chi connectivity index (χ2n) is 16.6. The maximum atomic E-state index is 12.8. The molecule has 71 heavy (non-hydrogen) atoms. The Kier molecular flexibility index (Phi) is 27.0. The summed E-state index contributed by atoms with van der Waals surface area (Å²) in [7, 11) is -16.4. The monoisotopic (exact) mass is 1080 g/mol. The van der Waals surface area contributed by atoms with Gasteiger partial charge in [-0.2, -0.15) is 4.31 Å². The van der Waals surface area contributed by atoms with Crippen LogP contribution in [0, 0.1) is 5.41 Å². The Morgan fingerprint density at radius 3 is 2.11 bits per heavy atom. The molecule has 398 valence electrons. The number of nitrogen functional groups attached to an aromatic ring is 1. The summed E-state index contributed by atoms with van der Waals surface area (Å²) in [5.41, 5.74) is 4.28. The predicted molar refractivity (Wildman–Crippen MR) is 265 cm³/mol. The normalized spacial score (nSPS) is 20.2. The third-order valence-corrected chi connectivity index (χ3v) is 14.2. The lowest BCUT2D eigenvalue weighted by Gasteiger charge is -2.30. The van der Waals surface area contributed by atoms with Gasteiger partial charge in [0.2, 0.25) is 11.8 Å². The molecule has 1 aliphatic rings. The maximum Gasteiger partial charge on any atom is 0.481 e. The number of aromatic nitrogens is 4. The molecule has 0 aromatic carbocycles. The molecular formula is C43H68N7O17P3S. The zero-order chi connectivity index (χ0) is 52.5. The summed E-state index contributed by atoms with van der Waals surface area (Å²) >= 11 is 1.13. The van der Waals surface area contributed by atoms with E-state index in [1.54, 1.807) is 0 Å². The molecule has 0 radical (unpaired) electrons. The van der Waals surface area contributed by atoms with Crippen molar-refractivity contribution in [1.29, 1.82) is 0 Å². The van der Waals surface area contributed by atoms with Crippen LogP contribution in [0.15, 0.2) is 73.4 Å². The summed E-state index contributed by atoms with van der Waals surface area (Å²) in [4.78, 5) is 88.4. The Balaban J connectivity index is 1.28. The quantitative estimate of drug-likeness (QED) is 0.0242. The summed E-state index contributed by atoms with van der Waals surface area (Å²) in [5, 5.41) is 26.6. The van der Waals surface area contributed by atoms with Gasteiger partial charge in [0.25, 0.3) is 0 Å². The number of hydrogen-bond donors (Lipinski definition) is 9. The smallest absolute Gasteiger partial charge is 0.386 e. The van der Waals surface area contributed by atoms with E-state index in [0.29, 0.717) is 12.2 Å². The molecule has 28 heteroatoms. The van der Waals surface area contributed by atoms with E-state index >= 15 is 0 Å². The SMILES string of the molecule is CC/C=C\C/C=C\C/C=C\C/C=C\C/C=C\CCCCCC(=O)SCCNC(=O)CCNC(=O)[C@H](O)C(C)(C)COP(=O)(O)OP(=O)(O)OC[C@H]1O[C@@H](n2cnc3c(N)ncnc32)[C@H](O)[C@@H]1OP(=O)(O)O. The number of nitrogens with zero attached hydrogens (tertiary/aromatic N) is 4. The van der Waals surface area contributed by atoms with Crippen molar-refractivity contribution in [2.75, 3.05) is 37.8 Å². The van der Waals surface area contributed by atoms with Crippen LogP contribution in [-0.2, 0) is 50.7 Å². The number of fused-ring (bicyclic) bond motifs is 1. The van der Waals surface area contributed by atoms with Gasteiger partial charge in [-0.3, -0.25) is 32.5 Å². The van der Waals surface area contributed by atoms with Crippen LogP contribution < -0.4 is 16.4 Å². The van der Waals surface area contributed by atoms with Crippen molar-refractivity contribution in [3.8, 4) is 0 Å². The molecule has 3 heterocycles. The molecule has 1 saturated heterocycles. The van der Waals surface area contributed by atoms with Crippen LogP contribution in [0.25, 0.3) is 11.2 Å². The number of thioether (sulfide) groups is 1. The van der Waals surface area contributed by atoms with Gasteiger partial charge in [0.15, 0.2) is 22.8 Å². The van der Waals surface area contributed by atoms with E-state index in [0.717, 1.165) is 86.8 Å². The number of nitrogens with one attached hydrogen (secondary N) is 2. The number of allylic oxidation sites excluding steroid dienone is 10. The molecule has 2 aromatic rings. The van der Waals surface area contributed by atoms with Crippen molar-refractivity contribution in [3.05, 3.63) is 73.4 Å². The topological polar surface area (TPSA) is 364 Å². The minimum Gasteiger partial charge on any atom is -0.386 e. The predicted octanol–water partition coefficient (Wildman–Crippen LogP) is 5.37. The molecule has 0 spiro atoms. The number of imidazole rings is 1. The van der Waals surface area contributed by atoms with Crippen LogP contribution >= 0.6 is 35.2 Å². The fraction of sp³-hybridized carbons (Fsp3) is 0.581. The van der Waals surface area contributed by atoms with Crippen LogP contribution in [0.2, 0.25) is 0 Å². The Bertz CT molecular complexity index is 2310. The van der Waals surface area contributed by atoms with Gasteiger partial charge >= 0.3 is 23.5 Å². The first-order chi connectivity index (χ1) is 33.6. The lowest BCUT2D eigenvalue weighted by atomic mass is 9.87. The Hall–Kier alpha value is -3.74. The first kappa shape index (κ1) is 61.6. The van der Waals surface area contributed by atoms with Gasteiger partial charge in [0, 0.05) is 37.1 Å². The number of carbonyl (C=O) groups is 3. The van der Waals surface area contributed by atoms with Crippen molar-refractivity contribution in [2.45, 2.75) is 122 Å². The summed E-state index contributed by atoms with van der Waals surface area (Å²) in [6, 6.07) is 0. The van der Waals surface area contributed by atoms with E-state index in [1.165, 1.54) is 13.8 Å². The molecule has 0 bridgehead atoms. The fourth-order valence-electron chi connectivity index (χ4n) is 6.44. The van der Waals surface area contributed by atoms with Crippen molar-refractivity contribution >= 4 is 69.1 Å². The van der Waals surface area contributed by atoms with Gasteiger partial charge in [-0.25, -0.2) is 28.6 Å². The highest BCUT2D eigenvalue weighted by molar-refractivity contribution is 8.13. The largest absolute Gasteiger partial charge is 0.481 e. The lowest BCUT2D eigenvalue weighted by Crippen LogP contribution is -2.46. The second kappa shape index (κ2) is 31.1. The van der Waals surface area contributed by atoms with E-state index in [1.807, 2.05) is 0 Å². The van der Waals surface area contributed by atoms with E-state index in [9.17, 15) is 57.9 Å². The molecule has 1 fully saturated rings. The van der Waals surface area contributed by atoms with Gasteiger partial charge in [0.1, 0.15) is 36.3 Å². The molecule has 24 nitrogen and oxygen atoms in total. The number of hydrogen-bond acceptors (Lipinski definition) is 18. The number of unbranched alkanes of at least 4 members (excludes halogenated alkanes) is 3. The molecule has 3 rings (SSSR count). The molecule has 0 saturated carbocycles. The van der Waals surface area contributed by atoms with Gasteiger partial charge in [-0.1, -0.05) is 99.7 Å². The first-order valence-corrected chi connectivity index (χ1v) is 28.4. The van der Waals surface area contributed by atoms with Crippen LogP contribution in [0.1, 0.15) is 97.6 Å². The standard InChI is InChI=1S/C43H68N7O17P3S/c1-4-5-6-7-8-9-10-11-12-13-14-15-16-17-18-19-20-21-22-23-34(52)71-27-26-45-33(51)24-25-46-41(55)38(54)43(2,3)29-64-70(61,62)67-69(59,60)63-28-32-37(66-68(56,57)58)36(53)42(65-32)50-31-49-35-39(44)47-30-48-40(35)50/h5-6,8-9,11-12,14-15,17-18,30-32,36-38,42,53-54H,4,7,10,13,16,19-29H2,1-3H3,(H,45,51)(H,46,55)(H,59,60)(H,61,62)(H2,44,47,48)(H2,56,57,58)/b6-5-,9-8-,12-11-,15-14-,18-17-/t32-,36-,37-,38+,42-/m1/s1. The maximum absolute atomic E-state index is 12.8. The highest BCUT2D eigenvalue weighted by Crippen LogP contribution is 2.61. The Labute approximate surface area is 417 Å². The highest BCUT2D eigenvalue weighted by atomic mass is 32.2. The molecule has 1 aliphatic heterocycles. The number of ether oxygens (including phenoxy) is 1. The molecule has 10 N–H and O–H groups in total. The zero-order valence-corrected chi connectivity index (χ0v) is 43.4. The van der Waals surface area contributed by atoms with Gasteiger partial charge in [-0.05, 0) is 51.4 Å². The number of phosphoric acid groups is 3. The van der Waals surface area contributed by atoms with Crippen molar-refractivity contribution in [3.63, 3.8) is 0 Å². The van der Waals surface area contributed by atoms with Gasteiger partial charge in [0.05, 0.1) is 19.5 Å². The number of amides is 2. The number of aliphatic hydroxyl groups excluding tert-OH is 2. The van der Waals surface area contributed by atoms with Gasteiger partial charge in [-0.15, -0.1) is 0 Å². The highest BCUT2D eigenvalue weighted by Gasteiger charge is 2.50. The van der Waals surface area contributed by atoms with Crippen molar-refractivity contribution in [2.24, 2.45) is 5.41 Å². The minimum atomic E-state index is -5.58. The van der Waals surface area contributed by atoms with Crippen LogP contribution in [0.5, 0.6) is 0 Å². The number of phosphoric ester groups is 3. The third kappa shape index (κ3) is 23.8. The van der Waals surface area contributed by atoms with Crippen molar-refractivity contribution in [1.82, 2.24) is 30.2 Å².